The standard InChI is InChI=1S/C10H15N3O2/c1-8-2-3-9(15-8)6-12-10(14)13-5-4-11-7-13/h4-5,7-9H,2-3,6H2,1H3,(H,12,14). The van der Waals surface area contributed by atoms with Gasteiger partial charge in [0.1, 0.15) is 6.33 Å². The molecule has 0 radical (unpaired) electrons. The van der Waals surface area contributed by atoms with Crippen molar-refractivity contribution in [2.75, 3.05) is 6.54 Å². The molecular weight excluding hydrogens is 194 g/mol. The summed E-state index contributed by atoms with van der Waals surface area (Å²) >= 11 is 0. The lowest BCUT2D eigenvalue weighted by molar-refractivity contribution is 0.0574. The summed E-state index contributed by atoms with van der Waals surface area (Å²) in [4.78, 5) is 15.3. The van der Waals surface area contributed by atoms with Crippen molar-refractivity contribution >= 4 is 6.03 Å². The Kier molecular flexibility index (Phi) is 3.01. The summed E-state index contributed by atoms with van der Waals surface area (Å²) < 4.78 is 7.00. The Morgan fingerprint density at radius 1 is 1.67 bits per heavy atom. The summed E-state index contributed by atoms with van der Waals surface area (Å²) in [7, 11) is 0. The first-order chi connectivity index (χ1) is 7.25. The normalized spacial score (nSPS) is 25.4. The van der Waals surface area contributed by atoms with E-state index in [4.69, 9.17) is 4.74 Å². The van der Waals surface area contributed by atoms with Crippen LogP contribution in [0.1, 0.15) is 19.8 Å². The van der Waals surface area contributed by atoms with E-state index >= 15 is 0 Å². The van der Waals surface area contributed by atoms with Crippen molar-refractivity contribution in [2.24, 2.45) is 0 Å². The summed E-state index contributed by atoms with van der Waals surface area (Å²) in [5.41, 5.74) is 0. The summed E-state index contributed by atoms with van der Waals surface area (Å²) in [6, 6.07) is -0.157. The number of hydrogen-bond acceptors (Lipinski definition) is 3. The van der Waals surface area contributed by atoms with Crippen LogP contribution in [0.3, 0.4) is 0 Å². The maximum absolute atomic E-state index is 11.5. The largest absolute Gasteiger partial charge is 0.373 e. The molecule has 15 heavy (non-hydrogen) atoms. The van der Waals surface area contributed by atoms with Gasteiger partial charge in [0, 0.05) is 18.9 Å². The minimum atomic E-state index is -0.157. The van der Waals surface area contributed by atoms with Gasteiger partial charge in [-0.2, -0.15) is 0 Å². The van der Waals surface area contributed by atoms with Crippen molar-refractivity contribution in [1.29, 1.82) is 0 Å². The fourth-order valence-corrected chi connectivity index (χ4v) is 1.71. The van der Waals surface area contributed by atoms with Crippen LogP contribution in [0.4, 0.5) is 4.79 Å². The van der Waals surface area contributed by atoms with E-state index in [0.29, 0.717) is 12.6 Å². The van der Waals surface area contributed by atoms with Crippen LogP contribution in [0.2, 0.25) is 0 Å². The fourth-order valence-electron chi connectivity index (χ4n) is 1.71. The molecule has 1 N–H and O–H groups in total. The summed E-state index contributed by atoms with van der Waals surface area (Å²) in [5.74, 6) is 0. The van der Waals surface area contributed by atoms with Crippen LogP contribution in [0.15, 0.2) is 18.7 Å². The number of nitrogens with zero attached hydrogens (tertiary/aromatic N) is 2. The fraction of sp³-hybridized carbons (Fsp3) is 0.600. The Labute approximate surface area is 88.4 Å². The van der Waals surface area contributed by atoms with E-state index in [-0.39, 0.29) is 12.1 Å². The molecule has 2 rings (SSSR count). The number of ether oxygens (including phenoxy) is 1. The number of nitrogens with one attached hydrogen (secondary N) is 1. The van der Waals surface area contributed by atoms with Crippen LogP contribution < -0.4 is 5.32 Å². The molecule has 82 valence electrons. The molecule has 1 aliphatic rings. The van der Waals surface area contributed by atoms with Gasteiger partial charge in [0.25, 0.3) is 0 Å². The molecule has 1 aliphatic heterocycles. The monoisotopic (exact) mass is 209 g/mol. The topological polar surface area (TPSA) is 56.2 Å². The maximum atomic E-state index is 11.5. The van der Waals surface area contributed by atoms with Crippen LogP contribution in [0.25, 0.3) is 0 Å². The van der Waals surface area contributed by atoms with E-state index in [1.54, 1.807) is 12.4 Å². The van der Waals surface area contributed by atoms with Crippen LogP contribution in [0.5, 0.6) is 0 Å². The Morgan fingerprint density at radius 3 is 3.13 bits per heavy atom. The van der Waals surface area contributed by atoms with E-state index < -0.39 is 0 Å². The van der Waals surface area contributed by atoms with Crippen molar-refractivity contribution in [3.05, 3.63) is 18.7 Å². The highest BCUT2D eigenvalue weighted by Gasteiger charge is 2.21. The van der Waals surface area contributed by atoms with Crippen molar-refractivity contribution in [1.82, 2.24) is 14.9 Å². The zero-order valence-corrected chi connectivity index (χ0v) is 8.72. The molecule has 2 atom stereocenters. The number of hydrogen-bond donors (Lipinski definition) is 1. The van der Waals surface area contributed by atoms with Gasteiger partial charge in [-0.15, -0.1) is 0 Å². The molecule has 5 nitrogen and oxygen atoms in total. The van der Waals surface area contributed by atoms with Gasteiger partial charge in [-0.05, 0) is 19.8 Å². The van der Waals surface area contributed by atoms with Crippen molar-refractivity contribution < 1.29 is 9.53 Å². The molecule has 1 aromatic rings. The first-order valence-corrected chi connectivity index (χ1v) is 5.17. The maximum Gasteiger partial charge on any atom is 0.326 e. The van der Waals surface area contributed by atoms with Gasteiger partial charge in [0.15, 0.2) is 0 Å². The third kappa shape index (κ3) is 2.56. The Balaban J connectivity index is 1.76. The quantitative estimate of drug-likeness (QED) is 0.790. The highest BCUT2D eigenvalue weighted by Crippen LogP contribution is 2.17. The minimum Gasteiger partial charge on any atom is -0.373 e. The van der Waals surface area contributed by atoms with Crippen molar-refractivity contribution in [3.63, 3.8) is 0 Å². The van der Waals surface area contributed by atoms with Crippen LogP contribution >= 0.6 is 0 Å². The second-order valence-corrected chi connectivity index (χ2v) is 3.80. The molecule has 0 saturated carbocycles. The van der Waals surface area contributed by atoms with Gasteiger partial charge in [0.05, 0.1) is 12.2 Å². The van der Waals surface area contributed by atoms with Gasteiger partial charge in [-0.3, -0.25) is 4.57 Å². The van der Waals surface area contributed by atoms with Crippen molar-refractivity contribution in [3.8, 4) is 0 Å². The molecule has 2 unspecified atom stereocenters. The molecule has 0 bridgehead atoms. The van der Waals surface area contributed by atoms with Gasteiger partial charge in [0.2, 0.25) is 0 Å². The molecule has 1 aromatic heterocycles. The van der Waals surface area contributed by atoms with Gasteiger partial charge in [-0.25, -0.2) is 9.78 Å². The summed E-state index contributed by atoms with van der Waals surface area (Å²) in [5, 5.41) is 2.81. The predicted molar refractivity (Wildman–Crippen MR) is 54.6 cm³/mol. The number of amides is 1. The average molecular weight is 209 g/mol. The lowest BCUT2D eigenvalue weighted by atomic mass is 10.2. The predicted octanol–water partition coefficient (Wildman–Crippen LogP) is 1.01. The minimum absolute atomic E-state index is 0.157. The third-order valence-electron chi connectivity index (χ3n) is 2.54. The first kappa shape index (κ1) is 10.2. The molecule has 5 heteroatoms. The second kappa shape index (κ2) is 4.44. The second-order valence-electron chi connectivity index (χ2n) is 3.80. The van der Waals surface area contributed by atoms with Crippen LogP contribution in [-0.4, -0.2) is 34.3 Å². The highest BCUT2D eigenvalue weighted by molar-refractivity contribution is 5.76. The van der Waals surface area contributed by atoms with Gasteiger partial charge < -0.3 is 10.1 Å². The number of aromatic nitrogens is 2. The molecule has 1 saturated heterocycles. The summed E-state index contributed by atoms with van der Waals surface area (Å²) in [6.45, 7) is 2.62. The molecule has 0 aliphatic carbocycles. The first-order valence-electron chi connectivity index (χ1n) is 5.17. The van der Waals surface area contributed by atoms with E-state index in [2.05, 4.69) is 17.2 Å². The van der Waals surface area contributed by atoms with Gasteiger partial charge in [-0.1, -0.05) is 0 Å². The molecule has 1 amide bonds. The zero-order chi connectivity index (χ0) is 10.7. The van der Waals surface area contributed by atoms with E-state index in [1.807, 2.05) is 0 Å². The molecule has 0 spiro atoms. The van der Waals surface area contributed by atoms with Crippen LogP contribution in [0, 0.1) is 0 Å². The number of carbonyl (C=O) groups excluding carboxylic acids is 1. The summed E-state index contributed by atoms with van der Waals surface area (Å²) in [6.07, 6.45) is 7.25. The molecule has 0 aromatic carbocycles. The lowest BCUT2D eigenvalue weighted by Gasteiger charge is -2.12. The number of imidazole rings is 1. The number of carbonyl (C=O) groups is 1. The third-order valence-corrected chi connectivity index (χ3v) is 2.54. The smallest absolute Gasteiger partial charge is 0.326 e. The van der Waals surface area contributed by atoms with E-state index in [9.17, 15) is 4.79 Å². The Morgan fingerprint density at radius 2 is 2.53 bits per heavy atom. The Hall–Kier alpha value is -1.36. The molecular formula is C10H15N3O2. The SMILES string of the molecule is CC1CCC(CNC(=O)n2ccnc2)O1. The molecule has 2 heterocycles. The number of rotatable bonds is 2. The van der Waals surface area contributed by atoms with Crippen LogP contribution in [-0.2, 0) is 4.74 Å². The lowest BCUT2D eigenvalue weighted by Crippen LogP contribution is -2.34. The van der Waals surface area contributed by atoms with E-state index in [1.165, 1.54) is 10.9 Å². The molecule has 1 fully saturated rings. The van der Waals surface area contributed by atoms with Gasteiger partial charge >= 0.3 is 6.03 Å². The van der Waals surface area contributed by atoms with Crippen molar-refractivity contribution in [2.45, 2.75) is 32.0 Å². The zero-order valence-electron chi connectivity index (χ0n) is 8.72. The average Bonchev–Trinajstić information content (AvgIpc) is 2.84. The highest BCUT2D eigenvalue weighted by atomic mass is 16.5. The Bertz CT molecular complexity index is 323. The van der Waals surface area contributed by atoms with E-state index in [0.717, 1.165) is 12.8 Å².